The minimum absolute atomic E-state index is 0.284. The summed E-state index contributed by atoms with van der Waals surface area (Å²) in [6.07, 6.45) is 0. The monoisotopic (exact) mass is 250 g/mol. The highest BCUT2D eigenvalue weighted by Gasteiger charge is 2.13. The predicted octanol–water partition coefficient (Wildman–Crippen LogP) is 0.905. The van der Waals surface area contributed by atoms with Crippen LogP contribution in [0.3, 0.4) is 0 Å². The molecule has 0 aliphatic heterocycles. The third kappa shape index (κ3) is 4.18. The van der Waals surface area contributed by atoms with Crippen LogP contribution in [0.25, 0.3) is 0 Å². The van der Waals surface area contributed by atoms with Gasteiger partial charge in [0.2, 0.25) is 0 Å². The topological polar surface area (TPSA) is 60.9 Å². The van der Waals surface area contributed by atoms with Crippen molar-refractivity contribution in [1.29, 1.82) is 0 Å². The van der Waals surface area contributed by atoms with Crippen LogP contribution < -0.4 is 0 Å². The number of likely N-dealkylation sites (N-methyl/N-ethyl adjacent to an activating group) is 1. The minimum Gasteiger partial charge on any atom is -0.480 e. The third-order valence-electron chi connectivity index (χ3n) is 2.42. The van der Waals surface area contributed by atoms with Gasteiger partial charge in [-0.2, -0.15) is 0 Å². The lowest BCUT2D eigenvalue weighted by Gasteiger charge is -2.15. The number of hydrogen-bond acceptors (Lipinski definition) is 3. The SMILES string of the molecule is CN(C)Cc1ccc(C(=O)N(C)CC(=O)O)cc1. The maximum atomic E-state index is 11.9. The highest BCUT2D eigenvalue weighted by molar-refractivity contribution is 5.95. The fourth-order valence-electron chi connectivity index (χ4n) is 1.61. The molecule has 0 aromatic heterocycles. The summed E-state index contributed by atoms with van der Waals surface area (Å²) in [7, 11) is 5.42. The lowest BCUT2D eigenvalue weighted by atomic mass is 10.1. The Kier molecular flexibility index (Phi) is 4.85. The Bertz CT molecular complexity index is 426. The van der Waals surface area contributed by atoms with Gasteiger partial charge in [0.15, 0.2) is 0 Å². The summed E-state index contributed by atoms with van der Waals surface area (Å²) in [6.45, 7) is 0.512. The van der Waals surface area contributed by atoms with Crippen LogP contribution in [0.2, 0.25) is 0 Å². The number of carboxylic acids is 1. The lowest BCUT2D eigenvalue weighted by molar-refractivity contribution is -0.137. The van der Waals surface area contributed by atoms with Crippen molar-refractivity contribution in [3.63, 3.8) is 0 Å². The van der Waals surface area contributed by atoms with Crippen molar-refractivity contribution in [2.24, 2.45) is 0 Å². The van der Waals surface area contributed by atoms with E-state index in [4.69, 9.17) is 5.11 Å². The summed E-state index contributed by atoms with van der Waals surface area (Å²) < 4.78 is 0. The van der Waals surface area contributed by atoms with Gasteiger partial charge in [-0.25, -0.2) is 0 Å². The average Bonchev–Trinajstić information content (AvgIpc) is 2.27. The highest BCUT2D eigenvalue weighted by atomic mass is 16.4. The van der Waals surface area contributed by atoms with E-state index in [0.717, 1.165) is 12.1 Å². The molecule has 18 heavy (non-hydrogen) atoms. The van der Waals surface area contributed by atoms with Crippen LogP contribution >= 0.6 is 0 Å². The van der Waals surface area contributed by atoms with Crippen molar-refractivity contribution >= 4 is 11.9 Å². The molecule has 5 heteroatoms. The summed E-state index contributed by atoms with van der Waals surface area (Å²) in [5.74, 6) is -1.30. The number of nitrogens with zero attached hydrogens (tertiary/aromatic N) is 2. The van der Waals surface area contributed by atoms with E-state index in [9.17, 15) is 9.59 Å². The zero-order valence-corrected chi connectivity index (χ0v) is 10.9. The number of carbonyl (C=O) groups is 2. The quantitative estimate of drug-likeness (QED) is 0.843. The second-order valence-electron chi connectivity index (χ2n) is 4.49. The molecular weight excluding hydrogens is 232 g/mol. The van der Waals surface area contributed by atoms with Crippen LogP contribution in [-0.4, -0.2) is 54.5 Å². The molecule has 0 saturated carbocycles. The van der Waals surface area contributed by atoms with Crippen LogP contribution in [0.1, 0.15) is 15.9 Å². The number of carboxylic acid groups (broad SMARTS) is 1. The smallest absolute Gasteiger partial charge is 0.323 e. The van der Waals surface area contributed by atoms with Gasteiger partial charge in [-0.1, -0.05) is 12.1 Å². The molecular formula is C13H18N2O3. The first-order valence-corrected chi connectivity index (χ1v) is 5.61. The molecule has 0 atom stereocenters. The molecule has 1 amide bonds. The molecule has 0 aliphatic carbocycles. The first-order chi connectivity index (χ1) is 8.40. The fraction of sp³-hybridized carbons (Fsp3) is 0.385. The lowest BCUT2D eigenvalue weighted by Crippen LogP contribution is -2.31. The Hall–Kier alpha value is -1.88. The van der Waals surface area contributed by atoms with E-state index < -0.39 is 5.97 Å². The van der Waals surface area contributed by atoms with Crippen LogP contribution in [0.4, 0.5) is 0 Å². The van der Waals surface area contributed by atoms with Gasteiger partial charge in [0.1, 0.15) is 6.54 Å². The maximum absolute atomic E-state index is 11.9. The van der Waals surface area contributed by atoms with Crippen molar-refractivity contribution in [3.05, 3.63) is 35.4 Å². The summed E-state index contributed by atoms with van der Waals surface area (Å²) in [5.41, 5.74) is 1.61. The molecule has 1 rings (SSSR count). The second kappa shape index (κ2) is 6.16. The number of carbonyl (C=O) groups excluding carboxylic acids is 1. The third-order valence-corrected chi connectivity index (χ3v) is 2.42. The molecule has 0 bridgehead atoms. The van der Waals surface area contributed by atoms with Crippen molar-refractivity contribution in [1.82, 2.24) is 9.80 Å². The molecule has 0 spiro atoms. The Labute approximate surface area is 107 Å². The molecule has 0 fully saturated rings. The molecule has 0 heterocycles. The zero-order valence-electron chi connectivity index (χ0n) is 10.9. The van der Waals surface area contributed by atoms with Crippen molar-refractivity contribution in [2.75, 3.05) is 27.7 Å². The number of amides is 1. The first kappa shape index (κ1) is 14.2. The molecule has 0 saturated heterocycles. The normalized spacial score (nSPS) is 10.4. The number of aliphatic carboxylic acids is 1. The summed E-state index contributed by atoms with van der Waals surface area (Å²) in [4.78, 5) is 25.6. The molecule has 1 aromatic rings. The van der Waals surface area contributed by atoms with Gasteiger partial charge in [-0.15, -0.1) is 0 Å². The van der Waals surface area contributed by atoms with E-state index in [2.05, 4.69) is 0 Å². The maximum Gasteiger partial charge on any atom is 0.323 e. The molecule has 0 radical (unpaired) electrons. The second-order valence-corrected chi connectivity index (χ2v) is 4.49. The van der Waals surface area contributed by atoms with Gasteiger partial charge in [-0.05, 0) is 31.8 Å². The largest absolute Gasteiger partial charge is 0.480 e. The van der Waals surface area contributed by atoms with Crippen LogP contribution in [-0.2, 0) is 11.3 Å². The van der Waals surface area contributed by atoms with Gasteiger partial charge >= 0.3 is 5.97 Å². The van der Waals surface area contributed by atoms with Gasteiger partial charge in [0.05, 0.1) is 0 Å². The predicted molar refractivity (Wildman–Crippen MR) is 68.4 cm³/mol. The Balaban J connectivity index is 2.72. The van der Waals surface area contributed by atoms with E-state index in [0.29, 0.717) is 5.56 Å². The molecule has 5 nitrogen and oxygen atoms in total. The Morgan fingerprint density at radius 3 is 2.11 bits per heavy atom. The van der Waals surface area contributed by atoms with E-state index in [1.807, 2.05) is 31.1 Å². The van der Waals surface area contributed by atoms with E-state index in [1.54, 1.807) is 12.1 Å². The van der Waals surface area contributed by atoms with Gasteiger partial charge in [-0.3, -0.25) is 9.59 Å². The summed E-state index contributed by atoms with van der Waals surface area (Å²) in [5, 5.41) is 8.62. The van der Waals surface area contributed by atoms with Gasteiger partial charge < -0.3 is 14.9 Å². The molecule has 1 aromatic carbocycles. The van der Waals surface area contributed by atoms with Crippen molar-refractivity contribution < 1.29 is 14.7 Å². The molecule has 0 aliphatic rings. The van der Waals surface area contributed by atoms with E-state index in [-0.39, 0.29) is 12.5 Å². The first-order valence-electron chi connectivity index (χ1n) is 5.61. The van der Waals surface area contributed by atoms with E-state index in [1.165, 1.54) is 11.9 Å². The molecule has 98 valence electrons. The fourth-order valence-corrected chi connectivity index (χ4v) is 1.61. The van der Waals surface area contributed by atoms with Crippen LogP contribution in [0.15, 0.2) is 24.3 Å². The standard InChI is InChI=1S/C13H18N2O3/c1-14(2)8-10-4-6-11(7-5-10)13(18)15(3)9-12(16)17/h4-7H,8-9H2,1-3H3,(H,16,17). The molecule has 0 unspecified atom stereocenters. The van der Waals surface area contributed by atoms with Crippen molar-refractivity contribution in [3.8, 4) is 0 Å². The Morgan fingerprint density at radius 2 is 1.67 bits per heavy atom. The number of benzene rings is 1. The van der Waals surface area contributed by atoms with Gasteiger partial charge in [0.25, 0.3) is 5.91 Å². The van der Waals surface area contributed by atoms with Crippen LogP contribution in [0, 0.1) is 0 Å². The van der Waals surface area contributed by atoms with E-state index >= 15 is 0 Å². The summed E-state index contributed by atoms with van der Waals surface area (Å²) >= 11 is 0. The highest BCUT2D eigenvalue weighted by Crippen LogP contribution is 2.08. The zero-order chi connectivity index (χ0) is 13.7. The number of hydrogen-bond donors (Lipinski definition) is 1. The average molecular weight is 250 g/mol. The summed E-state index contributed by atoms with van der Waals surface area (Å²) in [6, 6.07) is 7.20. The van der Waals surface area contributed by atoms with Crippen molar-refractivity contribution in [2.45, 2.75) is 6.54 Å². The minimum atomic E-state index is -1.02. The van der Waals surface area contributed by atoms with Gasteiger partial charge in [0, 0.05) is 19.2 Å². The molecule has 1 N–H and O–H groups in total. The number of rotatable bonds is 5. The Morgan fingerprint density at radius 1 is 1.11 bits per heavy atom. The van der Waals surface area contributed by atoms with Crippen LogP contribution in [0.5, 0.6) is 0 Å².